The van der Waals surface area contributed by atoms with Crippen molar-refractivity contribution < 1.29 is 9.47 Å². The molecule has 0 spiro atoms. The maximum Gasteiger partial charge on any atom is 0.0757 e. The first-order valence-electron chi connectivity index (χ1n) is 6.23. The molecule has 2 rings (SSSR count). The van der Waals surface area contributed by atoms with E-state index in [1.807, 2.05) is 0 Å². The Morgan fingerprint density at radius 2 is 2.12 bits per heavy atom. The summed E-state index contributed by atoms with van der Waals surface area (Å²) in [4.78, 5) is 2.44. The average Bonchev–Trinajstić information content (AvgIpc) is 2.15. The van der Waals surface area contributed by atoms with Crippen molar-refractivity contribution in [2.24, 2.45) is 5.73 Å². The minimum absolute atomic E-state index is 0.0746. The minimum Gasteiger partial charge on any atom is -0.380 e. The van der Waals surface area contributed by atoms with Gasteiger partial charge in [-0.25, -0.2) is 0 Å². The van der Waals surface area contributed by atoms with Crippen LogP contribution in [0, 0.1) is 0 Å². The normalized spacial score (nSPS) is 40.9. The molecule has 4 heteroatoms. The fraction of sp³-hybridized carbons (Fsp3) is 1.00. The van der Waals surface area contributed by atoms with Crippen LogP contribution in [-0.2, 0) is 9.47 Å². The lowest BCUT2D eigenvalue weighted by atomic mass is 9.98. The molecule has 3 unspecified atom stereocenters. The number of hydrogen-bond acceptors (Lipinski definition) is 4. The molecule has 0 amide bonds. The maximum absolute atomic E-state index is 6.18. The third kappa shape index (κ3) is 2.74. The molecule has 94 valence electrons. The molecule has 0 saturated carbocycles. The molecular formula is C12H24N2O2. The molecule has 4 nitrogen and oxygen atoms in total. The van der Waals surface area contributed by atoms with Crippen molar-refractivity contribution in [3.05, 3.63) is 0 Å². The van der Waals surface area contributed by atoms with E-state index in [1.165, 1.54) is 0 Å². The van der Waals surface area contributed by atoms with Crippen LogP contribution in [0.25, 0.3) is 0 Å². The van der Waals surface area contributed by atoms with Gasteiger partial charge in [-0.1, -0.05) is 0 Å². The van der Waals surface area contributed by atoms with Gasteiger partial charge in [0.25, 0.3) is 0 Å². The van der Waals surface area contributed by atoms with E-state index in [4.69, 9.17) is 15.2 Å². The highest BCUT2D eigenvalue weighted by Gasteiger charge is 2.37. The van der Waals surface area contributed by atoms with Gasteiger partial charge in [-0.3, -0.25) is 4.90 Å². The van der Waals surface area contributed by atoms with Gasteiger partial charge in [-0.05, 0) is 27.2 Å². The molecule has 2 aliphatic rings. The van der Waals surface area contributed by atoms with E-state index in [2.05, 4.69) is 25.7 Å². The monoisotopic (exact) mass is 228 g/mol. The lowest BCUT2D eigenvalue weighted by Crippen LogP contribution is -2.61. The lowest BCUT2D eigenvalue weighted by Gasteiger charge is -2.47. The van der Waals surface area contributed by atoms with E-state index in [0.29, 0.717) is 6.04 Å². The first kappa shape index (κ1) is 12.3. The van der Waals surface area contributed by atoms with Crippen LogP contribution in [0.4, 0.5) is 0 Å². The highest BCUT2D eigenvalue weighted by molar-refractivity contribution is 4.91. The summed E-state index contributed by atoms with van der Waals surface area (Å²) in [5.41, 5.74) is 6.11. The van der Waals surface area contributed by atoms with E-state index < -0.39 is 0 Å². The third-order valence-electron chi connectivity index (χ3n) is 3.44. The predicted octanol–water partition coefficient (Wildman–Crippen LogP) is 0.602. The Morgan fingerprint density at radius 1 is 1.38 bits per heavy atom. The number of nitrogens with two attached hydrogens (primary N) is 1. The van der Waals surface area contributed by atoms with Gasteiger partial charge in [0.15, 0.2) is 0 Å². The highest BCUT2D eigenvalue weighted by atomic mass is 16.5. The summed E-state index contributed by atoms with van der Waals surface area (Å²) in [5, 5.41) is 0. The molecule has 2 aliphatic heterocycles. The second-order valence-corrected chi connectivity index (χ2v) is 5.71. The van der Waals surface area contributed by atoms with Crippen molar-refractivity contribution in [2.75, 3.05) is 26.3 Å². The molecule has 2 fully saturated rings. The molecule has 16 heavy (non-hydrogen) atoms. The molecule has 2 heterocycles. The van der Waals surface area contributed by atoms with Crippen LogP contribution in [0.15, 0.2) is 0 Å². The summed E-state index contributed by atoms with van der Waals surface area (Å²) in [6, 6.07) is 0.606. The molecule has 0 aromatic carbocycles. The number of hydrogen-bond donors (Lipinski definition) is 1. The molecule has 0 aromatic heterocycles. The average molecular weight is 228 g/mol. The van der Waals surface area contributed by atoms with Crippen molar-refractivity contribution in [1.82, 2.24) is 4.90 Å². The molecule has 2 saturated heterocycles. The van der Waals surface area contributed by atoms with Crippen LogP contribution < -0.4 is 5.73 Å². The predicted molar refractivity (Wildman–Crippen MR) is 63.4 cm³/mol. The molecule has 3 atom stereocenters. The Bertz CT molecular complexity index is 245. The van der Waals surface area contributed by atoms with Gasteiger partial charge in [0, 0.05) is 31.8 Å². The molecular weight excluding hydrogens is 204 g/mol. The molecule has 0 radical (unpaired) electrons. The lowest BCUT2D eigenvalue weighted by molar-refractivity contribution is -0.149. The van der Waals surface area contributed by atoms with E-state index >= 15 is 0 Å². The second-order valence-electron chi connectivity index (χ2n) is 5.71. The smallest absolute Gasteiger partial charge is 0.0757 e. The quantitative estimate of drug-likeness (QED) is 0.714. The van der Waals surface area contributed by atoms with Gasteiger partial charge in [-0.2, -0.15) is 0 Å². The fourth-order valence-corrected chi connectivity index (χ4v) is 2.87. The molecule has 0 aromatic rings. The van der Waals surface area contributed by atoms with Crippen molar-refractivity contribution in [2.45, 2.75) is 51.0 Å². The van der Waals surface area contributed by atoms with E-state index in [0.717, 1.165) is 32.7 Å². The van der Waals surface area contributed by atoms with Gasteiger partial charge >= 0.3 is 0 Å². The van der Waals surface area contributed by atoms with Crippen LogP contribution in [0.5, 0.6) is 0 Å². The molecule has 0 aliphatic carbocycles. The van der Waals surface area contributed by atoms with Crippen LogP contribution in [0.3, 0.4) is 0 Å². The standard InChI is InChI=1S/C12H24N2O2/c1-9-6-14(8-12(2,3)16-9)11-7-15-5-4-10(11)13/h9-11H,4-8,13H2,1-3H3. The van der Waals surface area contributed by atoms with Crippen LogP contribution >= 0.6 is 0 Å². The van der Waals surface area contributed by atoms with Gasteiger partial charge in [0.2, 0.25) is 0 Å². The highest BCUT2D eigenvalue weighted by Crippen LogP contribution is 2.24. The van der Waals surface area contributed by atoms with Crippen molar-refractivity contribution in [3.8, 4) is 0 Å². The zero-order valence-electron chi connectivity index (χ0n) is 10.6. The SMILES string of the molecule is CC1CN(C2COCCC2N)CC(C)(C)O1. The van der Waals surface area contributed by atoms with Crippen LogP contribution in [0.1, 0.15) is 27.2 Å². The first-order valence-corrected chi connectivity index (χ1v) is 6.23. The number of morpholine rings is 1. The summed E-state index contributed by atoms with van der Waals surface area (Å²) in [6.07, 6.45) is 1.24. The number of nitrogens with zero attached hydrogens (tertiary/aromatic N) is 1. The minimum atomic E-state index is -0.0746. The summed E-state index contributed by atoms with van der Waals surface area (Å²) < 4.78 is 11.5. The van der Waals surface area contributed by atoms with Gasteiger partial charge in [0.05, 0.1) is 18.3 Å². The van der Waals surface area contributed by atoms with Gasteiger partial charge < -0.3 is 15.2 Å². The van der Waals surface area contributed by atoms with Crippen LogP contribution in [0.2, 0.25) is 0 Å². The number of ether oxygens (including phenoxy) is 2. The van der Waals surface area contributed by atoms with Crippen molar-refractivity contribution in [3.63, 3.8) is 0 Å². The summed E-state index contributed by atoms with van der Waals surface area (Å²) in [5.74, 6) is 0. The topological polar surface area (TPSA) is 47.7 Å². The summed E-state index contributed by atoms with van der Waals surface area (Å²) >= 11 is 0. The Morgan fingerprint density at radius 3 is 2.75 bits per heavy atom. The Kier molecular flexibility index (Phi) is 3.54. The van der Waals surface area contributed by atoms with Gasteiger partial charge in [0.1, 0.15) is 0 Å². The zero-order chi connectivity index (χ0) is 11.8. The maximum atomic E-state index is 6.18. The number of rotatable bonds is 1. The Labute approximate surface area is 98.1 Å². The summed E-state index contributed by atoms with van der Waals surface area (Å²) in [6.45, 7) is 9.90. The molecule has 2 N–H and O–H groups in total. The first-order chi connectivity index (χ1) is 7.48. The second kappa shape index (κ2) is 4.61. The Hall–Kier alpha value is -0.160. The summed E-state index contributed by atoms with van der Waals surface area (Å²) in [7, 11) is 0. The molecule has 0 bridgehead atoms. The van der Waals surface area contributed by atoms with Crippen LogP contribution in [-0.4, -0.2) is 55.0 Å². The van der Waals surface area contributed by atoms with Crippen molar-refractivity contribution in [1.29, 1.82) is 0 Å². The Balaban J connectivity index is 2.02. The van der Waals surface area contributed by atoms with E-state index in [9.17, 15) is 0 Å². The third-order valence-corrected chi connectivity index (χ3v) is 3.44. The largest absolute Gasteiger partial charge is 0.380 e. The van der Waals surface area contributed by atoms with E-state index in [-0.39, 0.29) is 17.7 Å². The van der Waals surface area contributed by atoms with Crippen molar-refractivity contribution >= 4 is 0 Å². The van der Waals surface area contributed by atoms with Gasteiger partial charge in [-0.15, -0.1) is 0 Å². The zero-order valence-corrected chi connectivity index (χ0v) is 10.6. The fourth-order valence-electron chi connectivity index (χ4n) is 2.87. The van der Waals surface area contributed by atoms with E-state index in [1.54, 1.807) is 0 Å².